The lowest BCUT2D eigenvalue weighted by Crippen LogP contribution is -2.31. The van der Waals surface area contributed by atoms with Gasteiger partial charge in [-0.25, -0.2) is 4.99 Å². The van der Waals surface area contributed by atoms with Crippen LogP contribution < -0.4 is 20.3 Å². The summed E-state index contributed by atoms with van der Waals surface area (Å²) < 4.78 is 5.21. The quantitative estimate of drug-likeness (QED) is 0.401. The maximum Gasteiger partial charge on any atom is 0.283 e. The Bertz CT molecular complexity index is 1410. The van der Waals surface area contributed by atoms with Crippen molar-refractivity contribution in [1.82, 2.24) is 0 Å². The number of carbonyl (C=O) groups is 3. The number of methoxy groups -OCH3 is 1. The molecule has 3 aromatic carbocycles. The highest BCUT2D eigenvalue weighted by Crippen LogP contribution is 2.31. The summed E-state index contributed by atoms with van der Waals surface area (Å²) in [6, 6.07) is 20.1. The molecule has 0 atom stereocenters. The fourth-order valence-corrected chi connectivity index (χ4v) is 4.74. The molecule has 0 radical (unpaired) electrons. The largest absolute Gasteiger partial charge is 0.497 e. The third kappa shape index (κ3) is 6.68. The summed E-state index contributed by atoms with van der Waals surface area (Å²) in [6.07, 6.45) is 1.72. The number of hydrogen-bond acceptors (Lipinski definition) is 6. The van der Waals surface area contributed by atoms with E-state index in [0.29, 0.717) is 22.2 Å². The first-order valence-electron chi connectivity index (χ1n) is 11.9. The van der Waals surface area contributed by atoms with Crippen LogP contribution in [0, 0.1) is 13.8 Å². The SMILES string of the molecule is COc1ccc(/C=C2\N=C(SCC(=O)Nc3ccc(NC(C)=O)cc3)N(c3cc(C)cc(C)c3)C2=O)cc1. The minimum absolute atomic E-state index is 0.0523. The zero-order chi connectivity index (χ0) is 27.2. The van der Waals surface area contributed by atoms with E-state index in [-0.39, 0.29) is 29.2 Å². The van der Waals surface area contributed by atoms with E-state index in [2.05, 4.69) is 15.6 Å². The van der Waals surface area contributed by atoms with E-state index in [0.717, 1.165) is 22.4 Å². The van der Waals surface area contributed by atoms with Gasteiger partial charge >= 0.3 is 0 Å². The number of hydrogen-bond donors (Lipinski definition) is 2. The molecule has 0 aromatic heterocycles. The summed E-state index contributed by atoms with van der Waals surface area (Å²) in [4.78, 5) is 43.6. The number of aryl methyl sites for hydroxylation is 2. The highest BCUT2D eigenvalue weighted by Gasteiger charge is 2.32. The van der Waals surface area contributed by atoms with E-state index >= 15 is 0 Å². The van der Waals surface area contributed by atoms with Gasteiger partial charge in [0.05, 0.1) is 18.6 Å². The van der Waals surface area contributed by atoms with Crippen LogP contribution in [0.5, 0.6) is 5.75 Å². The molecule has 0 bridgehead atoms. The lowest BCUT2D eigenvalue weighted by atomic mass is 10.1. The van der Waals surface area contributed by atoms with Gasteiger partial charge in [0.15, 0.2) is 5.17 Å². The lowest BCUT2D eigenvalue weighted by molar-refractivity contribution is -0.114. The van der Waals surface area contributed by atoms with Crippen LogP contribution in [0.4, 0.5) is 17.1 Å². The molecule has 1 aliphatic heterocycles. The fraction of sp³-hybridized carbons (Fsp3) is 0.172. The van der Waals surface area contributed by atoms with Gasteiger partial charge in [0.25, 0.3) is 5.91 Å². The molecule has 0 unspecified atom stereocenters. The Balaban J connectivity index is 1.54. The number of ether oxygens (including phenoxy) is 1. The van der Waals surface area contributed by atoms with Gasteiger partial charge in [0.1, 0.15) is 11.4 Å². The van der Waals surface area contributed by atoms with Crippen LogP contribution in [0.3, 0.4) is 0 Å². The number of rotatable bonds is 7. The molecule has 38 heavy (non-hydrogen) atoms. The smallest absolute Gasteiger partial charge is 0.283 e. The second kappa shape index (κ2) is 11.8. The minimum Gasteiger partial charge on any atom is -0.497 e. The van der Waals surface area contributed by atoms with Gasteiger partial charge in [-0.1, -0.05) is 30.0 Å². The predicted octanol–water partition coefficient (Wildman–Crippen LogP) is 5.39. The normalized spacial score (nSPS) is 13.9. The van der Waals surface area contributed by atoms with Gasteiger partial charge in [-0.3, -0.25) is 19.3 Å². The number of amides is 3. The van der Waals surface area contributed by atoms with Crippen LogP contribution in [-0.4, -0.2) is 35.8 Å². The van der Waals surface area contributed by atoms with Crippen LogP contribution in [0.25, 0.3) is 6.08 Å². The van der Waals surface area contributed by atoms with Crippen LogP contribution in [-0.2, 0) is 14.4 Å². The van der Waals surface area contributed by atoms with Crippen LogP contribution in [0.15, 0.2) is 77.4 Å². The van der Waals surface area contributed by atoms with Gasteiger partial charge in [-0.2, -0.15) is 0 Å². The first kappa shape index (κ1) is 26.7. The number of nitrogens with one attached hydrogen (secondary N) is 2. The molecule has 9 heteroatoms. The Kier molecular flexibility index (Phi) is 8.28. The Morgan fingerprint density at radius 1 is 0.947 bits per heavy atom. The Hall–Kier alpha value is -4.37. The van der Waals surface area contributed by atoms with E-state index in [4.69, 9.17) is 4.74 Å². The van der Waals surface area contributed by atoms with Crippen molar-refractivity contribution in [3.05, 3.63) is 89.1 Å². The molecule has 3 amide bonds. The summed E-state index contributed by atoms with van der Waals surface area (Å²) in [6.45, 7) is 5.38. The van der Waals surface area contributed by atoms with Crippen molar-refractivity contribution < 1.29 is 19.1 Å². The van der Waals surface area contributed by atoms with Gasteiger partial charge < -0.3 is 15.4 Å². The molecular weight excluding hydrogens is 500 g/mol. The lowest BCUT2D eigenvalue weighted by Gasteiger charge is -2.19. The minimum atomic E-state index is -0.262. The molecule has 8 nitrogen and oxygen atoms in total. The molecule has 0 fully saturated rings. The summed E-state index contributed by atoms with van der Waals surface area (Å²) in [5.41, 5.74) is 5.07. The molecule has 0 saturated carbocycles. The number of aliphatic imine (C=N–C) groups is 1. The molecular formula is C29H28N4O4S. The van der Waals surface area contributed by atoms with E-state index in [1.54, 1.807) is 42.4 Å². The number of nitrogens with zero attached hydrogens (tertiary/aromatic N) is 2. The third-order valence-electron chi connectivity index (χ3n) is 5.53. The van der Waals surface area contributed by atoms with E-state index in [9.17, 15) is 14.4 Å². The van der Waals surface area contributed by atoms with Crippen molar-refractivity contribution in [1.29, 1.82) is 0 Å². The van der Waals surface area contributed by atoms with Crippen LogP contribution >= 0.6 is 11.8 Å². The van der Waals surface area contributed by atoms with Crippen molar-refractivity contribution in [3.63, 3.8) is 0 Å². The molecule has 0 spiro atoms. The Morgan fingerprint density at radius 3 is 2.13 bits per heavy atom. The molecule has 0 aliphatic carbocycles. The molecule has 3 aromatic rings. The Labute approximate surface area is 225 Å². The maximum atomic E-state index is 13.5. The average Bonchev–Trinajstić information content (AvgIpc) is 3.18. The van der Waals surface area contributed by atoms with Gasteiger partial charge in [0.2, 0.25) is 11.8 Å². The van der Waals surface area contributed by atoms with E-state index in [1.807, 2.05) is 56.3 Å². The van der Waals surface area contributed by atoms with Crippen molar-refractivity contribution in [3.8, 4) is 5.75 Å². The van der Waals surface area contributed by atoms with Crippen molar-refractivity contribution in [2.45, 2.75) is 20.8 Å². The number of benzene rings is 3. The summed E-state index contributed by atoms with van der Waals surface area (Å²) in [5.74, 6) is 0.0974. The van der Waals surface area contributed by atoms with Crippen LogP contribution in [0.2, 0.25) is 0 Å². The first-order valence-corrected chi connectivity index (χ1v) is 12.9. The summed E-state index contributed by atoms with van der Waals surface area (Å²) in [7, 11) is 1.60. The van der Waals surface area contributed by atoms with Gasteiger partial charge in [-0.05, 0) is 85.1 Å². The van der Waals surface area contributed by atoms with E-state index < -0.39 is 0 Å². The summed E-state index contributed by atoms with van der Waals surface area (Å²) >= 11 is 1.19. The topological polar surface area (TPSA) is 100 Å². The van der Waals surface area contributed by atoms with Gasteiger partial charge in [0, 0.05) is 18.3 Å². The molecule has 4 rings (SSSR count). The van der Waals surface area contributed by atoms with Crippen molar-refractivity contribution in [2.24, 2.45) is 4.99 Å². The number of carbonyl (C=O) groups excluding carboxylic acids is 3. The van der Waals surface area contributed by atoms with Crippen molar-refractivity contribution >= 4 is 57.8 Å². The monoisotopic (exact) mass is 528 g/mol. The highest BCUT2D eigenvalue weighted by molar-refractivity contribution is 8.14. The van der Waals surface area contributed by atoms with Crippen LogP contribution in [0.1, 0.15) is 23.6 Å². The zero-order valence-electron chi connectivity index (χ0n) is 21.6. The average molecular weight is 529 g/mol. The fourth-order valence-electron chi connectivity index (χ4n) is 3.93. The molecule has 1 aliphatic rings. The number of anilines is 3. The predicted molar refractivity (Wildman–Crippen MR) is 154 cm³/mol. The second-order valence-corrected chi connectivity index (χ2v) is 9.72. The van der Waals surface area contributed by atoms with Crippen molar-refractivity contribution in [2.75, 3.05) is 28.4 Å². The zero-order valence-corrected chi connectivity index (χ0v) is 22.4. The third-order valence-corrected chi connectivity index (χ3v) is 6.47. The number of amidine groups is 1. The maximum absolute atomic E-state index is 13.5. The molecule has 194 valence electrons. The standard InChI is InChI=1S/C29H28N4O4S/c1-18-13-19(2)15-24(14-18)33-28(36)26(16-21-5-11-25(37-4)12-6-21)32-29(33)38-17-27(35)31-23-9-7-22(8-10-23)30-20(3)34/h5-16H,17H2,1-4H3,(H,30,34)(H,31,35)/b26-16-. The second-order valence-electron chi connectivity index (χ2n) is 8.78. The highest BCUT2D eigenvalue weighted by atomic mass is 32.2. The Morgan fingerprint density at radius 2 is 1.55 bits per heavy atom. The van der Waals surface area contributed by atoms with Gasteiger partial charge in [-0.15, -0.1) is 0 Å². The molecule has 2 N–H and O–H groups in total. The number of thioether (sulfide) groups is 1. The first-order chi connectivity index (χ1) is 18.2. The summed E-state index contributed by atoms with van der Waals surface area (Å²) in [5, 5.41) is 5.95. The molecule has 0 saturated heterocycles. The van der Waals surface area contributed by atoms with E-state index in [1.165, 1.54) is 18.7 Å². The molecule has 1 heterocycles.